The summed E-state index contributed by atoms with van der Waals surface area (Å²) in [6.45, 7) is 1.34. The highest BCUT2D eigenvalue weighted by Gasteiger charge is 2.48. The molecule has 1 amide bonds. The fourth-order valence-corrected chi connectivity index (χ4v) is 4.04. The Labute approximate surface area is 177 Å². The van der Waals surface area contributed by atoms with Gasteiger partial charge in [-0.2, -0.15) is 0 Å². The molecule has 2 heterocycles. The van der Waals surface area contributed by atoms with Crippen LogP contribution in [0.4, 0.5) is 10.5 Å². The Bertz CT molecular complexity index is 1160. The van der Waals surface area contributed by atoms with E-state index < -0.39 is 24.2 Å². The van der Waals surface area contributed by atoms with Gasteiger partial charge in [0.1, 0.15) is 17.5 Å². The summed E-state index contributed by atoms with van der Waals surface area (Å²) < 4.78 is 17.0. The van der Waals surface area contributed by atoms with Gasteiger partial charge in [0, 0.05) is 17.5 Å². The highest BCUT2D eigenvalue weighted by Crippen LogP contribution is 2.53. The summed E-state index contributed by atoms with van der Waals surface area (Å²) in [7, 11) is 0. The van der Waals surface area contributed by atoms with Crippen molar-refractivity contribution in [2.45, 2.75) is 19.1 Å². The lowest BCUT2D eigenvalue weighted by Gasteiger charge is -2.24. The second-order valence-corrected chi connectivity index (χ2v) is 7.47. The van der Waals surface area contributed by atoms with E-state index in [2.05, 4.69) is 0 Å². The molecule has 0 saturated carbocycles. The Morgan fingerprint density at radius 2 is 1.80 bits per heavy atom. The van der Waals surface area contributed by atoms with Crippen LogP contribution in [0.2, 0.25) is 5.02 Å². The lowest BCUT2D eigenvalue weighted by molar-refractivity contribution is -0.131. The topological polar surface area (TPSA) is 65.1 Å². The van der Waals surface area contributed by atoms with Gasteiger partial charge in [-0.1, -0.05) is 41.9 Å². The molecule has 1 fully saturated rings. The third kappa shape index (κ3) is 3.06. The van der Waals surface area contributed by atoms with Crippen molar-refractivity contribution in [2.75, 3.05) is 4.90 Å². The number of anilines is 1. The Kier molecular flexibility index (Phi) is 4.37. The average Bonchev–Trinajstić information content (AvgIpc) is 2.99. The SMILES string of the molecule is CC(=O)Oc1ccc([C@@H]2OC(=O)N3c4cc(Cl)ccc4Oc4ccccc4[C@H]23)cc1. The first kappa shape index (κ1) is 18.5. The first-order valence-electron chi connectivity index (χ1n) is 9.36. The van der Waals surface area contributed by atoms with Crippen molar-refractivity contribution >= 4 is 29.4 Å². The maximum Gasteiger partial charge on any atom is 0.415 e. The quantitative estimate of drug-likeness (QED) is 0.386. The third-order valence-corrected chi connectivity index (χ3v) is 5.33. The van der Waals surface area contributed by atoms with Crippen LogP contribution >= 0.6 is 11.6 Å². The van der Waals surface area contributed by atoms with E-state index in [1.165, 1.54) is 6.92 Å². The average molecular weight is 422 g/mol. The standard InChI is InChI=1S/C23H16ClNO5/c1-13(26)28-16-9-6-14(7-10-16)22-21-17-4-2-3-5-19(17)29-20-11-8-15(24)12-18(20)25(21)23(27)30-22/h2-12,21-22H,1H3/t21-,22+/m1/s1. The van der Waals surface area contributed by atoms with Crippen LogP contribution in [0.15, 0.2) is 66.7 Å². The fraction of sp³-hybridized carbons (Fsp3) is 0.130. The lowest BCUT2D eigenvalue weighted by atomic mass is 9.94. The number of nitrogens with zero attached hydrogens (tertiary/aromatic N) is 1. The Balaban J connectivity index is 1.63. The van der Waals surface area contributed by atoms with Gasteiger partial charge >= 0.3 is 12.1 Å². The number of amides is 1. The zero-order chi connectivity index (χ0) is 20.8. The van der Waals surface area contributed by atoms with Crippen LogP contribution in [0.25, 0.3) is 0 Å². The third-order valence-electron chi connectivity index (χ3n) is 5.10. The molecule has 2 aliphatic heterocycles. The van der Waals surface area contributed by atoms with Crippen molar-refractivity contribution in [3.63, 3.8) is 0 Å². The van der Waals surface area contributed by atoms with Gasteiger partial charge in [0.2, 0.25) is 0 Å². The predicted molar refractivity (Wildman–Crippen MR) is 110 cm³/mol. The zero-order valence-electron chi connectivity index (χ0n) is 15.9. The van der Waals surface area contributed by atoms with E-state index in [1.54, 1.807) is 47.4 Å². The van der Waals surface area contributed by atoms with Crippen LogP contribution in [0.1, 0.15) is 30.2 Å². The molecule has 150 valence electrons. The molecule has 30 heavy (non-hydrogen) atoms. The first-order chi connectivity index (χ1) is 14.5. The summed E-state index contributed by atoms with van der Waals surface area (Å²) in [5.74, 6) is 1.20. The number of esters is 1. The number of cyclic esters (lactones) is 1. The summed E-state index contributed by atoms with van der Waals surface area (Å²) in [5.41, 5.74) is 2.14. The number of ether oxygens (including phenoxy) is 3. The summed E-state index contributed by atoms with van der Waals surface area (Å²) in [6, 6.07) is 19.2. The molecular formula is C23H16ClNO5. The van der Waals surface area contributed by atoms with Crippen molar-refractivity contribution in [1.82, 2.24) is 0 Å². The smallest absolute Gasteiger partial charge is 0.415 e. The highest BCUT2D eigenvalue weighted by molar-refractivity contribution is 6.31. The number of benzene rings is 3. The molecule has 0 aliphatic carbocycles. The fourth-order valence-electron chi connectivity index (χ4n) is 3.87. The molecule has 0 bridgehead atoms. The predicted octanol–water partition coefficient (Wildman–Crippen LogP) is 5.81. The molecule has 0 spiro atoms. The van der Waals surface area contributed by atoms with Gasteiger partial charge in [0.25, 0.3) is 0 Å². The summed E-state index contributed by atoms with van der Waals surface area (Å²) in [6.07, 6.45) is -1.07. The first-order valence-corrected chi connectivity index (χ1v) is 9.73. The van der Waals surface area contributed by atoms with E-state index in [0.717, 1.165) is 11.1 Å². The zero-order valence-corrected chi connectivity index (χ0v) is 16.6. The molecular weight excluding hydrogens is 406 g/mol. The van der Waals surface area contributed by atoms with E-state index in [1.807, 2.05) is 24.3 Å². The van der Waals surface area contributed by atoms with E-state index in [-0.39, 0.29) is 0 Å². The maximum atomic E-state index is 13.0. The van der Waals surface area contributed by atoms with Crippen LogP contribution < -0.4 is 14.4 Å². The van der Waals surface area contributed by atoms with E-state index in [9.17, 15) is 9.59 Å². The largest absolute Gasteiger partial charge is 0.455 e. The number of para-hydroxylation sites is 1. The van der Waals surface area contributed by atoms with Gasteiger partial charge in [-0.3, -0.25) is 9.69 Å². The van der Waals surface area contributed by atoms with Crippen molar-refractivity contribution < 1.29 is 23.8 Å². The lowest BCUT2D eigenvalue weighted by Crippen LogP contribution is -2.27. The second-order valence-electron chi connectivity index (χ2n) is 7.03. The molecule has 5 rings (SSSR count). The summed E-state index contributed by atoms with van der Waals surface area (Å²) >= 11 is 6.22. The Morgan fingerprint density at radius 3 is 2.57 bits per heavy atom. The number of carbonyl (C=O) groups is 2. The van der Waals surface area contributed by atoms with Gasteiger partial charge in [-0.15, -0.1) is 0 Å². The number of hydrogen-bond donors (Lipinski definition) is 0. The minimum Gasteiger partial charge on any atom is -0.455 e. The molecule has 0 N–H and O–H groups in total. The minimum atomic E-state index is -0.585. The minimum absolute atomic E-state index is 0.399. The van der Waals surface area contributed by atoms with Crippen LogP contribution in [-0.2, 0) is 9.53 Å². The van der Waals surface area contributed by atoms with Crippen LogP contribution in [0, 0.1) is 0 Å². The van der Waals surface area contributed by atoms with Gasteiger partial charge in [-0.25, -0.2) is 4.79 Å². The molecule has 3 aromatic carbocycles. The van der Waals surface area contributed by atoms with Crippen molar-refractivity contribution in [1.29, 1.82) is 0 Å². The van der Waals surface area contributed by atoms with Crippen molar-refractivity contribution in [3.05, 3.63) is 82.9 Å². The molecule has 0 radical (unpaired) electrons. The Hall–Kier alpha value is -3.51. The van der Waals surface area contributed by atoms with Crippen molar-refractivity contribution in [3.8, 4) is 17.2 Å². The molecule has 1 saturated heterocycles. The van der Waals surface area contributed by atoms with Crippen LogP contribution in [-0.4, -0.2) is 12.1 Å². The number of rotatable bonds is 2. The molecule has 7 heteroatoms. The normalized spacial score (nSPS) is 19.0. The van der Waals surface area contributed by atoms with E-state index in [4.69, 9.17) is 25.8 Å². The summed E-state index contributed by atoms with van der Waals surface area (Å²) in [4.78, 5) is 25.7. The van der Waals surface area contributed by atoms with Gasteiger partial charge in [0.05, 0.1) is 5.69 Å². The molecule has 0 unspecified atom stereocenters. The summed E-state index contributed by atoms with van der Waals surface area (Å²) in [5, 5.41) is 0.490. The number of carbonyl (C=O) groups excluding carboxylic acids is 2. The van der Waals surface area contributed by atoms with Crippen LogP contribution in [0.5, 0.6) is 17.2 Å². The van der Waals surface area contributed by atoms with Crippen LogP contribution in [0.3, 0.4) is 0 Å². The number of halogens is 1. The molecule has 2 aliphatic rings. The second kappa shape index (κ2) is 7.07. The monoisotopic (exact) mass is 421 g/mol. The molecule has 3 aromatic rings. The van der Waals surface area contributed by atoms with Gasteiger partial charge < -0.3 is 14.2 Å². The van der Waals surface area contributed by atoms with Crippen molar-refractivity contribution in [2.24, 2.45) is 0 Å². The number of fused-ring (bicyclic) bond motifs is 5. The Morgan fingerprint density at radius 1 is 1.03 bits per heavy atom. The van der Waals surface area contributed by atoms with E-state index >= 15 is 0 Å². The molecule has 2 atom stereocenters. The maximum absolute atomic E-state index is 13.0. The molecule has 0 aromatic heterocycles. The highest BCUT2D eigenvalue weighted by atomic mass is 35.5. The molecule has 6 nitrogen and oxygen atoms in total. The number of hydrogen-bond acceptors (Lipinski definition) is 5. The van der Waals surface area contributed by atoms with Gasteiger partial charge in [-0.05, 0) is 42.0 Å². The van der Waals surface area contributed by atoms with Gasteiger partial charge in [0.15, 0.2) is 11.9 Å². The van der Waals surface area contributed by atoms with E-state index in [0.29, 0.717) is 28.0 Å².